The van der Waals surface area contributed by atoms with Gasteiger partial charge in [-0.2, -0.15) is 5.10 Å². The zero-order valence-corrected chi connectivity index (χ0v) is 12.0. The number of benzene rings is 1. The van der Waals surface area contributed by atoms with Crippen LogP contribution in [-0.2, 0) is 4.79 Å². The first-order valence-electron chi connectivity index (χ1n) is 6.22. The Hall–Kier alpha value is -1.88. The van der Waals surface area contributed by atoms with Gasteiger partial charge in [-0.25, -0.2) is 4.39 Å². The van der Waals surface area contributed by atoms with Crippen molar-refractivity contribution in [3.05, 3.63) is 47.0 Å². The molecule has 0 spiro atoms. The third kappa shape index (κ3) is 3.57. The molecule has 1 atom stereocenters. The highest BCUT2D eigenvalue weighted by Crippen LogP contribution is 2.23. The highest BCUT2D eigenvalue weighted by atomic mass is 35.5. The van der Waals surface area contributed by atoms with E-state index in [4.69, 9.17) is 11.6 Å². The largest absolute Gasteiger partial charge is 0.325 e. The Bertz CT molecular complexity index is 627. The molecule has 0 radical (unpaired) electrons. The van der Waals surface area contributed by atoms with Gasteiger partial charge in [-0.1, -0.05) is 11.6 Å². The fraction of sp³-hybridized carbons (Fsp3) is 0.286. The quantitative estimate of drug-likeness (QED) is 0.937. The predicted molar refractivity (Wildman–Crippen MR) is 76.3 cm³/mol. The number of aromatic nitrogens is 2. The summed E-state index contributed by atoms with van der Waals surface area (Å²) in [6.45, 7) is 3.79. The third-order valence-electron chi connectivity index (χ3n) is 2.88. The van der Waals surface area contributed by atoms with E-state index in [0.29, 0.717) is 5.69 Å². The number of aryl methyl sites for hydroxylation is 1. The number of anilines is 1. The maximum Gasteiger partial charge on any atom is 0.226 e. The lowest BCUT2D eigenvalue weighted by atomic mass is 10.2. The molecule has 0 aliphatic carbocycles. The number of halogens is 2. The van der Waals surface area contributed by atoms with E-state index in [9.17, 15) is 9.18 Å². The number of carbonyl (C=O) groups is 1. The molecule has 4 nitrogen and oxygen atoms in total. The van der Waals surface area contributed by atoms with Gasteiger partial charge in [0, 0.05) is 12.6 Å². The van der Waals surface area contributed by atoms with Gasteiger partial charge < -0.3 is 5.32 Å². The van der Waals surface area contributed by atoms with Gasteiger partial charge in [-0.3, -0.25) is 9.48 Å². The molecule has 0 unspecified atom stereocenters. The van der Waals surface area contributed by atoms with Gasteiger partial charge in [0.25, 0.3) is 0 Å². The van der Waals surface area contributed by atoms with Crippen LogP contribution in [0, 0.1) is 12.7 Å². The number of carbonyl (C=O) groups excluding carboxylic acids is 1. The van der Waals surface area contributed by atoms with Crippen LogP contribution in [-0.4, -0.2) is 15.7 Å². The second-order valence-corrected chi connectivity index (χ2v) is 5.07. The van der Waals surface area contributed by atoms with Crippen molar-refractivity contribution in [1.29, 1.82) is 0 Å². The molecule has 0 saturated carbocycles. The molecule has 0 aliphatic heterocycles. The van der Waals surface area contributed by atoms with E-state index in [1.54, 1.807) is 4.68 Å². The molecule has 0 bridgehead atoms. The van der Waals surface area contributed by atoms with E-state index < -0.39 is 5.82 Å². The van der Waals surface area contributed by atoms with Crippen LogP contribution < -0.4 is 5.32 Å². The third-order valence-corrected chi connectivity index (χ3v) is 3.19. The number of amides is 1. The molecule has 2 aromatic rings. The summed E-state index contributed by atoms with van der Waals surface area (Å²) in [6.07, 6.45) is 2.09. The van der Waals surface area contributed by atoms with Crippen molar-refractivity contribution in [2.75, 3.05) is 5.32 Å². The number of rotatable bonds is 4. The first-order chi connectivity index (χ1) is 9.45. The fourth-order valence-electron chi connectivity index (χ4n) is 1.83. The lowest BCUT2D eigenvalue weighted by molar-refractivity contribution is -0.116. The molecule has 1 aromatic heterocycles. The van der Waals surface area contributed by atoms with Crippen LogP contribution in [0.15, 0.2) is 30.5 Å². The van der Waals surface area contributed by atoms with Gasteiger partial charge in [-0.15, -0.1) is 0 Å². The topological polar surface area (TPSA) is 46.9 Å². The van der Waals surface area contributed by atoms with Crippen LogP contribution in [0.2, 0.25) is 5.02 Å². The van der Waals surface area contributed by atoms with Crippen molar-refractivity contribution in [3.8, 4) is 0 Å². The van der Waals surface area contributed by atoms with Crippen LogP contribution >= 0.6 is 11.6 Å². The predicted octanol–water partition coefficient (Wildman–Crippen LogP) is 3.57. The molecule has 1 aromatic carbocycles. The minimum Gasteiger partial charge on any atom is -0.325 e. The Morgan fingerprint density at radius 1 is 1.50 bits per heavy atom. The summed E-state index contributed by atoms with van der Waals surface area (Å²) in [7, 11) is 0. The van der Waals surface area contributed by atoms with E-state index in [1.807, 2.05) is 26.1 Å². The normalized spacial score (nSPS) is 12.2. The van der Waals surface area contributed by atoms with Crippen LogP contribution in [0.5, 0.6) is 0 Å². The minimum absolute atomic E-state index is 0.0667. The number of nitrogens with zero attached hydrogens (tertiary/aromatic N) is 2. The second-order valence-electron chi connectivity index (χ2n) is 4.66. The Balaban J connectivity index is 1.98. The highest BCUT2D eigenvalue weighted by Gasteiger charge is 2.13. The van der Waals surface area contributed by atoms with E-state index in [0.717, 1.165) is 11.8 Å². The van der Waals surface area contributed by atoms with E-state index in [1.165, 1.54) is 12.1 Å². The maximum atomic E-state index is 12.9. The molecule has 0 fully saturated rings. The van der Waals surface area contributed by atoms with Gasteiger partial charge in [0.05, 0.1) is 22.4 Å². The van der Waals surface area contributed by atoms with E-state index >= 15 is 0 Å². The molecule has 6 heteroatoms. The maximum absolute atomic E-state index is 12.9. The van der Waals surface area contributed by atoms with Crippen molar-refractivity contribution >= 4 is 23.2 Å². The van der Waals surface area contributed by atoms with Crippen molar-refractivity contribution < 1.29 is 9.18 Å². The first kappa shape index (κ1) is 14.5. The van der Waals surface area contributed by atoms with Gasteiger partial charge in [-0.05, 0) is 38.1 Å². The summed E-state index contributed by atoms with van der Waals surface area (Å²) in [4.78, 5) is 11.9. The Morgan fingerprint density at radius 3 is 2.85 bits per heavy atom. The summed E-state index contributed by atoms with van der Waals surface area (Å²) in [6, 6.07) is 5.67. The Labute approximate surface area is 121 Å². The molecule has 106 valence electrons. The van der Waals surface area contributed by atoms with Crippen LogP contribution in [0.25, 0.3) is 0 Å². The fourth-order valence-corrected chi connectivity index (χ4v) is 2.05. The SMILES string of the molecule is Cc1ccn([C@H](C)CC(=O)Nc2ccc(F)cc2Cl)n1. The van der Waals surface area contributed by atoms with Gasteiger partial charge in [0.2, 0.25) is 5.91 Å². The average Bonchev–Trinajstić information content (AvgIpc) is 2.79. The summed E-state index contributed by atoms with van der Waals surface area (Å²) < 4.78 is 14.6. The monoisotopic (exact) mass is 295 g/mol. The second kappa shape index (κ2) is 6.05. The molecule has 2 rings (SSSR count). The Kier molecular flexibility index (Phi) is 4.39. The summed E-state index contributed by atoms with van der Waals surface area (Å²) >= 11 is 5.86. The van der Waals surface area contributed by atoms with Gasteiger partial charge >= 0.3 is 0 Å². The van der Waals surface area contributed by atoms with Gasteiger partial charge in [0.1, 0.15) is 5.82 Å². The van der Waals surface area contributed by atoms with Crippen molar-refractivity contribution in [2.45, 2.75) is 26.3 Å². The summed E-state index contributed by atoms with van der Waals surface area (Å²) in [5, 5.41) is 7.11. The zero-order chi connectivity index (χ0) is 14.7. The van der Waals surface area contributed by atoms with Crippen molar-refractivity contribution in [1.82, 2.24) is 9.78 Å². The molecule has 1 heterocycles. The molecule has 1 amide bonds. The van der Waals surface area contributed by atoms with E-state index in [2.05, 4.69) is 10.4 Å². The molecular formula is C14H15ClFN3O. The van der Waals surface area contributed by atoms with Crippen LogP contribution in [0.4, 0.5) is 10.1 Å². The van der Waals surface area contributed by atoms with Gasteiger partial charge in [0.15, 0.2) is 0 Å². The molecule has 20 heavy (non-hydrogen) atoms. The van der Waals surface area contributed by atoms with Crippen LogP contribution in [0.3, 0.4) is 0 Å². The molecular weight excluding hydrogens is 281 g/mol. The number of hydrogen-bond donors (Lipinski definition) is 1. The molecule has 0 saturated heterocycles. The average molecular weight is 296 g/mol. The summed E-state index contributed by atoms with van der Waals surface area (Å²) in [5.41, 5.74) is 1.31. The molecule has 0 aliphatic rings. The lowest BCUT2D eigenvalue weighted by Gasteiger charge is -2.13. The minimum atomic E-state index is -0.437. The number of hydrogen-bond acceptors (Lipinski definition) is 2. The zero-order valence-electron chi connectivity index (χ0n) is 11.2. The highest BCUT2D eigenvalue weighted by molar-refractivity contribution is 6.33. The standard InChI is InChI=1S/C14H15ClFN3O/c1-9-5-6-19(18-9)10(2)7-14(20)17-13-4-3-11(16)8-12(13)15/h3-6,8,10H,7H2,1-2H3,(H,17,20)/t10-/m1/s1. The van der Waals surface area contributed by atoms with E-state index in [-0.39, 0.29) is 23.4 Å². The summed E-state index contributed by atoms with van der Waals surface area (Å²) in [5.74, 6) is -0.632. The van der Waals surface area contributed by atoms with Crippen molar-refractivity contribution in [3.63, 3.8) is 0 Å². The smallest absolute Gasteiger partial charge is 0.226 e. The number of nitrogens with one attached hydrogen (secondary N) is 1. The Morgan fingerprint density at radius 2 is 2.25 bits per heavy atom. The first-order valence-corrected chi connectivity index (χ1v) is 6.60. The van der Waals surface area contributed by atoms with Crippen LogP contribution in [0.1, 0.15) is 25.1 Å². The molecule has 1 N–H and O–H groups in total. The lowest BCUT2D eigenvalue weighted by Crippen LogP contribution is -2.18. The van der Waals surface area contributed by atoms with Crippen molar-refractivity contribution in [2.24, 2.45) is 0 Å².